The van der Waals surface area contributed by atoms with E-state index >= 15 is 0 Å². The van der Waals surface area contributed by atoms with Crippen LogP contribution in [0.3, 0.4) is 0 Å². The van der Waals surface area contributed by atoms with Crippen molar-refractivity contribution in [2.45, 2.75) is 19.3 Å². The van der Waals surface area contributed by atoms with Crippen molar-refractivity contribution in [3.05, 3.63) is 6.42 Å². The lowest BCUT2D eigenvalue weighted by molar-refractivity contribution is 0.366. The van der Waals surface area contributed by atoms with Gasteiger partial charge in [-0.25, -0.2) is 0 Å². The Bertz CT molecular complexity index is 171. The van der Waals surface area contributed by atoms with Crippen LogP contribution < -0.4 is 5.32 Å². The highest BCUT2D eigenvalue weighted by Gasteiger charge is 2.15. The molecular formula is C9H16N3. The predicted molar refractivity (Wildman–Crippen MR) is 50.0 cm³/mol. The average molecular weight is 166 g/mol. The Morgan fingerprint density at radius 1 is 1.33 bits per heavy atom. The second-order valence-electron chi connectivity index (χ2n) is 3.34. The Kier molecular flexibility index (Phi) is 2.49. The topological polar surface area (TPSA) is 27.6 Å². The van der Waals surface area contributed by atoms with Crippen molar-refractivity contribution >= 4 is 5.96 Å². The third-order valence-electron chi connectivity index (χ3n) is 2.39. The quantitative estimate of drug-likeness (QED) is 0.572. The molecule has 0 saturated carbocycles. The molecule has 0 atom stereocenters. The van der Waals surface area contributed by atoms with E-state index in [4.69, 9.17) is 0 Å². The van der Waals surface area contributed by atoms with E-state index in [0.29, 0.717) is 0 Å². The largest absolute Gasteiger partial charge is 0.356 e. The molecule has 2 heterocycles. The molecule has 1 fully saturated rings. The first-order valence-electron chi connectivity index (χ1n) is 4.82. The van der Waals surface area contributed by atoms with Gasteiger partial charge in [0.1, 0.15) is 0 Å². The minimum Gasteiger partial charge on any atom is -0.356 e. The molecule has 0 aromatic carbocycles. The standard InChI is InChI=1S/C9H16N3/c1-2-7-12(8-3-1)9-10-5-4-6-11-9/h1H,2-8H2,(H,10,11). The van der Waals surface area contributed by atoms with Crippen molar-refractivity contribution < 1.29 is 0 Å². The van der Waals surface area contributed by atoms with Gasteiger partial charge in [0.25, 0.3) is 0 Å². The Labute approximate surface area is 73.9 Å². The van der Waals surface area contributed by atoms with Crippen molar-refractivity contribution in [2.75, 3.05) is 26.2 Å². The lowest BCUT2D eigenvalue weighted by Crippen LogP contribution is -2.46. The molecular weight excluding hydrogens is 150 g/mol. The summed E-state index contributed by atoms with van der Waals surface area (Å²) in [5.74, 6) is 1.13. The highest BCUT2D eigenvalue weighted by molar-refractivity contribution is 5.80. The van der Waals surface area contributed by atoms with E-state index in [1.54, 1.807) is 0 Å². The van der Waals surface area contributed by atoms with Crippen LogP contribution >= 0.6 is 0 Å². The van der Waals surface area contributed by atoms with Crippen LogP contribution in [0.25, 0.3) is 0 Å². The first kappa shape index (κ1) is 7.90. The van der Waals surface area contributed by atoms with Gasteiger partial charge in [-0.15, -0.1) is 0 Å². The first-order valence-corrected chi connectivity index (χ1v) is 4.82. The summed E-state index contributed by atoms with van der Waals surface area (Å²) in [7, 11) is 0. The number of likely N-dealkylation sites (tertiary alicyclic amines) is 1. The van der Waals surface area contributed by atoms with Crippen molar-refractivity contribution in [3.8, 4) is 0 Å². The van der Waals surface area contributed by atoms with Crippen LogP contribution in [0.15, 0.2) is 4.99 Å². The molecule has 0 aromatic heterocycles. The molecule has 0 aliphatic carbocycles. The van der Waals surface area contributed by atoms with Gasteiger partial charge in [-0.1, -0.05) is 0 Å². The molecule has 12 heavy (non-hydrogen) atoms. The first-order chi connectivity index (χ1) is 5.97. The van der Waals surface area contributed by atoms with Crippen LogP contribution in [0.4, 0.5) is 0 Å². The molecule has 3 heteroatoms. The van der Waals surface area contributed by atoms with Gasteiger partial charge in [0.05, 0.1) is 0 Å². The summed E-state index contributed by atoms with van der Waals surface area (Å²) in [6, 6.07) is 0. The maximum Gasteiger partial charge on any atom is 0.193 e. The number of aliphatic imine (C=N–C) groups is 1. The Morgan fingerprint density at radius 2 is 2.17 bits per heavy atom. The maximum absolute atomic E-state index is 4.47. The van der Waals surface area contributed by atoms with Gasteiger partial charge in [-0.2, -0.15) is 0 Å². The van der Waals surface area contributed by atoms with Crippen LogP contribution in [-0.2, 0) is 0 Å². The van der Waals surface area contributed by atoms with Crippen molar-refractivity contribution in [3.63, 3.8) is 0 Å². The number of nitrogens with zero attached hydrogens (tertiary/aromatic N) is 2. The third-order valence-corrected chi connectivity index (χ3v) is 2.39. The van der Waals surface area contributed by atoms with Crippen LogP contribution in [-0.4, -0.2) is 37.0 Å². The minimum atomic E-state index is 1.00. The number of nitrogens with one attached hydrogen (secondary N) is 1. The molecule has 0 unspecified atom stereocenters. The highest BCUT2D eigenvalue weighted by Crippen LogP contribution is 2.08. The molecule has 1 radical (unpaired) electrons. The number of hydrogen-bond acceptors (Lipinski definition) is 3. The zero-order valence-corrected chi connectivity index (χ0v) is 7.42. The summed E-state index contributed by atoms with van der Waals surface area (Å²) in [5.41, 5.74) is 0. The second-order valence-corrected chi connectivity index (χ2v) is 3.34. The maximum atomic E-state index is 4.47. The van der Waals surface area contributed by atoms with E-state index in [0.717, 1.165) is 32.1 Å². The van der Waals surface area contributed by atoms with E-state index in [9.17, 15) is 0 Å². The zero-order chi connectivity index (χ0) is 8.23. The van der Waals surface area contributed by atoms with Crippen molar-refractivity contribution in [1.29, 1.82) is 0 Å². The van der Waals surface area contributed by atoms with Crippen molar-refractivity contribution in [1.82, 2.24) is 10.2 Å². The predicted octanol–water partition coefficient (Wildman–Crippen LogP) is 0.636. The van der Waals surface area contributed by atoms with Gasteiger partial charge >= 0.3 is 0 Å². The van der Waals surface area contributed by atoms with Gasteiger partial charge < -0.3 is 10.2 Å². The lowest BCUT2D eigenvalue weighted by atomic mass is 10.1. The zero-order valence-electron chi connectivity index (χ0n) is 7.42. The fourth-order valence-electron chi connectivity index (χ4n) is 1.69. The minimum absolute atomic E-state index is 1.00. The van der Waals surface area contributed by atoms with Gasteiger partial charge in [-0.05, 0) is 25.7 Å². The molecule has 2 rings (SSSR count). The SMILES string of the molecule is [CH]1CCN(C2=NCCCN2)CC1. The molecule has 0 bridgehead atoms. The van der Waals surface area contributed by atoms with Gasteiger partial charge in [0, 0.05) is 26.2 Å². The lowest BCUT2D eigenvalue weighted by Gasteiger charge is -2.31. The molecule has 3 nitrogen and oxygen atoms in total. The van der Waals surface area contributed by atoms with E-state index in [1.807, 2.05) is 0 Å². The number of guanidine groups is 1. The van der Waals surface area contributed by atoms with E-state index in [1.165, 1.54) is 19.3 Å². The Morgan fingerprint density at radius 3 is 2.83 bits per heavy atom. The van der Waals surface area contributed by atoms with Gasteiger partial charge in [0.15, 0.2) is 5.96 Å². The average Bonchev–Trinajstić information content (AvgIpc) is 2.21. The fraction of sp³-hybridized carbons (Fsp3) is 0.778. The monoisotopic (exact) mass is 166 g/mol. The van der Waals surface area contributed by atoms with Gasteiger partial charge in [0.2, 0.25) is 0 Å². The van der Waals surface area contributed by atoms with Crippen LogP contribution in [0.1, 0.15) is 19.3 Å². The molecule has 1 N–H and O–H groups in total. The number of rotatable bonds is 0. The second kappa shape index (κ2) is 3.78. The van der Waals surface area contributed by atoms with Crippen LogP contribution in [0, 0.1) is 6.42 Å². The fourth-order valence-corrected chi connectivity index (χ4v) is 1.69. The van der Waals surface area contributed by atoms with Crippen LogP contribution in [0.2, 0.25) is 0 Å². The summed E-state index contributed by atoms with van der Waals surface area (Å²) in [4.78, 5) is 6.83. The normalized spacial score (nSPS) is 24.7. The molecule has 0 aromatic rings. The third kappa shape index (κ3) is 1.71. The molecule has 0 amide bonds. The van der Waals surface area contributed by atoms with Gasteiger partial charge in [-0.3, -0.25) is 4.99 Å². The molecule has 1 saturated heterocycles. The van der Waals surface area contributed by atoms with Crippen LogP contribution in [0.5, 0.6) is 0 Å². The highest BCUT2D eigenvalue weighted by atomic mass is 15.3. The molecule has 2 aliphatic heterocycles. The summed E-state index contributed by atoms with van der Waals surface area (Å²) in [6.45, 7) is 4.39. The molecule has 0 spiro atoms. The molecule has 2 aliphatic rings. The molecule has 67 valence electrons. The summed E-state index contributed by atoms with van der Waals surface area (Å²) < 4.78 is 0. The summed E-state index contributed by atoms with van der Waals surface area (Å²) in [5, 5.41) is 3.35. The number of hydrogen-bond donors (Lipinski definition) is 1. The Balaban J connectivity index is 1.92. The Hall–Kier alpha value is -0.730. The smallest absolute Gasteiger partial charge is 0.193 e. The number of piperidine rings is 1. The summed E-state index contributed by atoms with van der Waals surface area (Å²) in [6.07, 6.45) is 5.96. The van der Waals surface area contributed by atoms with E-state index < -0.39 is 0 Å². The van der Waals surface area contributed by atoms with E-state index in [-0.39, 0.29) is 0 Å². The van der Waals surface area contributed by atoms with E-state index in [2.05, 4.69) is 21.6 Å². The van der Waals surface area contributed by atoms with Crippen molar-refractivity contribution in [2.24, 2.45) is 4.99 Å². The summed E-state index contributed by atoms with van der Waals surface area (Å²) >= 11 is 0.